The molecule has 184 valence electrons. The molecule has 34 heavy (non-hydrogen) atoms. The summed E-state index contributed by atoms with van der Waals surface area (Å²) in [6, 6.07) is 5.94. The summed E-state index contributed by atoms with van der Waals surface area (Å²) in [4.78, 5) is 18.8. The molecular weight excluding hydrogens is 438 g/mol. The van der Waals surface area contributed by atoms with Crippen LogP contribution in [0.1, 0.15) is 62.9 Å². The second kappa shape index (κ2) is 14.2. The highest BCUT2D eigenvalue weighted by Gasteiger charge is 2.34. The van der Waals surface area contributed by atoms with Crippen LogP contribution >= 0.6 is 0 Å². The first kappa shape index (κ1) is 27.1. The Labute approximate surface area is 200 Å². The molecule has 0 bridgehead atoms. The standard InChI is InChI=1S/C21H26F2N4O2.C5H8/c1-14(22)8-11-19-25-21(29-26-19)18-7-4-12-27(18)20(28)13-16(24)10-9-15-5-2-3-6-17(15)23;1-3-5-4-2/h2-3,5-6,8,16,18H,4,7,9-13,24H2,1H3;3-5H,1H2,2H3/b14-8+;5-4-. The van der Waals surface area contributed by atoms with Crippen molar-refractivity contribution < 1.29 is 18.1 Å². The summed E-state index contributed by atoms with van der Waals surface area (Å²) in [7, 11) is 0. The molecule has 1 amide bonds. The van der Waals surface area contributed by atoms with Crippen molar-refractivity contribution in [3.63, 3.8) is 0 Å². The number of aromatic nitrogens is 2. The van der Waals surface area contributed by atoms with Crippen LogP contribution in [0.15, 0.2) is 65.5 Å². The summed E-state index contributed by atoms with van der Waals surface area (Å²) in [6.07, 6.45) is 9.94. The Bertz CT molecular complexity index is 983. The van der Waals surface area contributed by atoms with E-state index < -0.39 is 0 Å². The molecule has 2 atom stereocenters. The molecule has 0 spiro atoms. The molecule has 0 radical (unpaired) electrons. The van der Waals surface area contributed by atoms with Crippen LogP contribution in [0.5, 0.6) is 0 Å². The zero-order chi connectivity index (χ0) is 24.9. The Morgan fingerprint density at radius 1 is 1.41 bits per heavy atom. The van der Waals surface area contributed by atoms with Gasteiger partial charge in [0, 0.05) is 25.4 Å². The van der Waals surface area contributed by atoms with E-state index in [0.29, 0.717) is 36.7 Å². The molecule has 2 N–H and O–H groups in total. The van der Waals surface area contributed by atoms with Gasteiger partial charge in [0.2, 0.25) is 11.8 Å². The first-order valence-corrected chi connectivity index (χ1v) is 11.5. The number of carbonyl (C=O) groups is 1. The minimum Gasteiger partial charge on any atom is -0.337 e. The maximum atomic E-state index is 13.7. The van der Waals surface area contributed by atoms with E-state index in [2.05, 4.69) is 16.7 Å². The SMILES string of the molecule is C/C(F)=C\Cc1noc(C2CCCN2C(=O)CC(N)CCc2ccccc2F)n1.C=C/C=C\C. The van der Waals surface area contributed by atoms with E-state index in [1.54, 1.807) is 29.2 Å². The highest BCUT2D eigenvalue weighted by molar-refractivity contribution is 5.77. The van der Waals surface area contributed by atoms with Crippen molar-refractivity contribution in [1.29, 1.82) is 0 Å². The summed E-state index contributed by atoms with van der Waals surface area (Å²) in [5.74, 6) is 0.121. The van der Waals surface area contributed by atoms with Crippen LogP contribution in [0.3, 0.4) is 0 Å². The minimum atomic E-state index is -0.362. The lowest BCUT2D eigenvalue weighted by atomic mass is 10.0. The lowest BCUT2D eigenvalue weighted by Crippen LogP contribution is -2.36. The fourth-order valence-corrected chi connectivity index (χ4v) is 3.66. The van der Waals surface area contributed by atoms with E-state index in [4.69, 9.17) is 10.3 Å². The van der Waals surface area contributed by atoms with Gasteiger partial charge >= 0.3 is 0 Å². The fraction of sp³-hybridized carbons (Fsp3) is 0.423. The number of carbonyl (C=O) groups excluding carboxylic acids is 1. The Hall–Kier alpha value is -3.13. The van der Waals surface area contributed by atoms with Gasteiger partial charge in [-0.05, 0) is 57.2 Å². The number of aryl methyl sites for hydroxylation is 1. The van der Waals surface area contributed by atoms with Gasteiger partial charge in [-0.2, -0.15) is 4.98 Å². The molecule has 0 aliphatic carbocycles. The third kappa shape index (κ3) is 8.67. The lowest BCUT2D eigenvalue weighted by Gasteiger charge is -2.23. The Morgan fingerprint density at radius 2 is 2.18 bits per heavy atom. The number of hydrogen-bond donors (Lipinski definition) is 1. The van der Waals surface area contributed by atoms with Gasteiger partial charge in [-0.15, -0.1) is 0 Å². The molecule has 1 saturated heterocycles. The van der Waals surface area contributed by atoms with Crippen molar-refractivity contribution in [2.75, 3.05) is 6.54 Å². The summed E-state index contributed by atoms with van der Waals surface area (Å²) >= 11 is 0. The summed E-state index contributed by atoms with van der Waals surface area (Å²) in [5.41, 5.74) is 6.74. The highest BCUT2D eigenvalue weighted by Crippen LogP contribution is 2.31. The maximum Gasteiger partial charge on any atom is 0.249 e. The number of benzene rings is 1. The maximum absolute atomic E-state index is 13.7. The number of nitrogens with two attached hydrogens (primary N) is 1. The molecule has 1 fully saturated rings. The molecule has 2 unspecified atom stereocenters. The lowest BCUT2D eigenvalue weighted by molar-refractivity contribution is -0.133. The van der Waals surface area contributed by atoms with Gasteiger partial charge in [0.25, 0.3) is 0 Å². The highest BCUT2D eigenvalue weighted by atomic mass is 19.1. The normalized spacial score (nSPS) is 16.9. The van der Waals surface area contributed by atoms with Crippen LogP contribution < -0.4 is 5.73 Å². The van der Waals surface area contributed by atoms with Gasteiger partial charge in [0.15, 0.2) is 5.82 Å². The molecule has 0 saturated carbocycles. The molecule has 1 aliphatic heterocycles. The van der Waals surface area contributed by atoms with Crippen LogP contribution in [-0.2, 0) is 17.6 Å². The zero-order valence-corrected chi connectivity index (χ0v) is 19.9. The molecule has 1 aliphatic rings. The van der Waals surface area contributed by atoms with Crippen molar-refractivity contribution >= 4 is 5.91 Å². The molecule has 1 aromatic carbocycles. The molecule has 8 heteroatoms. The molecule has 6 nitrogen and oxygen atoms in total. The first-order chi connectivity index (χ1) is 16.3. The van der Waals surface area contributed by atoms with Crippen LogP contribution in [0, 0.1) is 5.82 Å². The molecule has 2 heterocycles. The van der Waals surface area contributed by atoms with Crippen LogP contribution in [0.4, 0.5) is 8.78 Å². The third-order valence-electron chi connectivity index (χ3n) is 5.42. The number of rotatable bonds is 9. The molecular formula is C26H34F2N4O2. The van der Waals surface area contributed by atoms with Gasteiger partial charge in [-0.25, -0.2) is 8.78 Å². The van der Waals surface area contributed by atoms with Crippen LogP contribution in [0.25, 0.3) is 0 Å². The number of nitrogens with zero attached hydrogens (tertiary/aromatic N) is 3. The van der Waals surface area contributed by atoms with Gasteiger partial charge in [-0.3, -0.25) is 4.79 Å². The zero-order valence-electron chi connectivity index (χ0n) is 19.9. The average molecular weight is 473 g/mol. The predicted molar refractivity (Wildman–Crippen MR) is 129 cm³/mol. The second-order valence-electron chi connectivity index (χ2n) is 8.14. The van der Waals surface area contributed by atoms with E-state index in [1.165, 1.54) is 19.1 Å². The monoisotopic (exact) mass is 472 g/mol. The van der Waals surface area contributed by atoms with E-state index in [-0.39, 0.29) is 42.5 Å². The first-order valence-electron chi connectivity index (χ1n) is 11.5. The van der Waals surface area contributed by atoms with Gasteiger partial charge in [-0.1, -0.05) is 48.2 Å². The van der Waals surface area contributed by atoms with Crippen molar-refractivity contribution in [3.05, 3.63) is 84.1 Å². The van der Waals surface area contributed by atoms with Crippen molar-refractivity contribution in [1.82, 2.24) is 15.0 Å². The van der Waals surface area contributed by atoms with E-state index in [9.17, 15) is 13.6 Å². The fourth-order valence-electron chi connectivity index (χ4n) is 3.66. The van der Waals surface area contributed by atoms with Gasteiger partial charge in [0.05, 0.1) is 5.83 Å². The Morgan fingerprint density at radius 3 is 2.82 bits per heavy atom. The Kier molecular flexibility index (Phi) is 11.3. The van der Waals surface area contributed by atoms with Crippen LogP contribution in [0.2, 0.25) is 0 Å². The molecule has 1 aromatic heterocycles. The third-order valence-corrected chi connectivity index (χ3v) is 5.42. The molecule has 2 aromatic rings. The summed E-state index contributed by atoms with van der Waals surface area (Å²) in [5, 5.41) is 3.86. The largest absolute Gasteiger partial charge is 0.337 e. The molecule has 3 rings (SSSR count). The van der Waals surface area contributed by atoms with Crippen molar-refractivity contribution in [2.45, 2.75) is 64.5 Å². The van der Waals surface area contributed by atoms with E-state index >= 15 is 0 Å². The number of amides is 1. The topological polar surface area (TPSA) is 85.2 Å². The second-order valence-corrected chi connectivity index (χ2v) is 8.14. The number of allylic oxidation sites excluding steroid dienone is 5. The summed E-state index contributed by atoms with van der Waals surface area (Å²) < 4.78 is 31.9. The number of hydrogen-bond acceptors (Lipinski definition) is 5. The van der Waals surface area contributed by atoms with E-state index in [1.807, 2.05) is 19.1 Å². The Balaban J connectivity index is 0.000000739. The van der Waals surface area contributed by atoms with Gasteiger partial charge < -0.3 is 15.2 Å². The van der Waals surface area contributed by atoms with Crippen molar-refractivity contribution in [3.8, 4) is 0 Å². The van der Waals surface area contributed by atoms with Gasteiger partial charge in [0.1, 0.15) is 11.9 Å². The van der Waals surface area contributed by atoms with Crippen molar-refractivity contribution in [2.24, 2.45) is 5.73 Å². The number of likely N-dealkylation sites (tertiary alicyclic amines) is 1. The quantitative estimate of drug-likeness (QED) is 0.495. The minimum absolute atomic E-state index is 0.0761. The predicted octanol–water partition coefficient (Wildman–Crippen LogP) is 5.39. The van der Waals surface area contributed by atoms with E-state index in [0.717, 1.165) is 12.8 Å². The van der Waals surface area contributed by atoms with Crippen LogP contribution in [-0.4, -0.2) is 33.5 Å². The average Bonchev–Trinajstić information content (AvgIpc) is 3.47. The smallest absolute Gasteiger partial charge is 0.249 e. The summed E-state index contributed by atoms with van der Waals surface area (Å²) in [6.45, 7) is 7.38. The number of halogens is 2.